The zero-order valence-corrected chi connectivity index (χ0v) is 11.2. The lowest BCUT2D eigenvalue weighted by Gasteiger charge is -2.09. The van der Waals surface area contributed by atoms with E-state index in [1.54, 1.807) is 30.3 Å². The molecule has 2 aromatic rings. The highest BCUT2D eigenvalue weighted by Gasteiger charge is 2.11. The Balaban J connectivity index is 2.27. The number of para-hydroxylation sites is 1. The van der Waals surface area contributed by atoms with Gasteiger partial charge in [-0.3, -0.25) is 4.79 Å². The molecule has 1 heterocycles. The number of rotatable bonds is 3. The first kappa shape index (κ1) is 13.2. The third-order valence-electron chi connectivity index (χ3n) is 2.56. The van der Waals surface area contributed by atoms with Crippen LogP contribution in [0.25, 0.3) is 0 Å². The highest BCUT2D eigenvalue weighted by Crippen LogP contribution is 2.15. The molecule has 3 N–H and O–H groups in total. The minimum absolute atomic E-state index is 0.244. The fraction of sp³-hybridized carbons (Fsp3) is 0.0714. The number of amides is 1. The predicted molar refractivity (Wildman–Crippen MR) is 79.3 cm³/mol. The largest absolute Gasteiger partial charge is 0.389 e. The first-order chi connectivity index (χ1) is 9.08. The van der Waals surface area contributed by atoms with Crippen LogP contribution in [0.1, 0.15) is 21.7 Å². The molecular weight excluding hydrogens is 258 g/mol. The van der Waals surface area contributed by atoms with Crippen molar-refractivity contribution in [1.29, 1.82) is 0 Å². The molecular formula is C14H13N3OS. The lowest BCUT2D eigenvalue weighted by atomic mass is 10.1. The predicted octanol–water partition coefficient (Wildman–Crippen LogP) is 2.28. The van der Waals surface area contributed by atoms with E-state index in [1.807, 2.05) is 19.1 Å². The molecule has 19 heavy (non-hydrogen) atoms. The Labute approximate surface area is 116 Å². The van der Waals surface area contributed by atoms with Crippen molar-refractivity contribution in [3.05, 3.63) is 59.4 Å². The standard InChI is InChI=1S/C14H13N3OS/c1-9-5-4-8-12(16-9)14(18)17-11-7-3-2-6-10(11)13(15)19/h2-8H,1H3,(H2,15,19)(H,17,18). The molecule has 0 atom stereocenters. The van der Waals surface area contributed by atoms with Crippen molar-refractivity contribution in [3.8, 4) is 0 Å². The summed E-state index contributed by atoms with van der Waals surface area (Å²) in [5.41, 5.74) is 7.99. The fourth-order valence-electron chi connectivity index (χ4n) is 1.66. The smallest absolute Gasteiger partial charge is 0.274 e. The molecule has 2 rings (SSSR count). The van der Waals surface area contributed by atoms with Gasteiger partial charge in [0.05, 0.1) is 5.69 Å². The van der Waals surface area contributed by atoms with Crippen LogP contribution in [0.3, 0.4) is 0 Å². The van der Waals surface area contributed by atoms with Crippen LogP contribution in [0, 0.1) is 6.92 Å². The van der Waals surface area contributed by atoms with E-state index in [9.17, 15) is 4.79 Å². The van der Waals surface area contributed by atoms with Gasteiger partial charge in [0.1, 0.15) is 10.7 Å². The van der Waals surface area contributed by atoms with Crippen LogP contribution >= 0.6 is 12.2 Å². The maximum absolute atomic E-state index is 12.1. The van der Waals surface area contributed by atoms with E-state index in [2.05, 4.69) is 10.3 Å². The number of aromatic nitrogens is 1. The van der Waals surface area contributed by atoms with Gasteiger partial charge in [0, 0.05) is 11.3 Å². The maximum atomic E-state index is 12.1. The Kier molecular flexibility index (Phi) is 3.87. The molecule has 1 aromatic heterocycles. The summed E-state index contributed by atoms with van der Waals surface area (Å²) in [6.07, 6.45) is 0. The fourth-order valence-corrected chi connectivity index (χ4v) is 1.84. The minimum atomic E-state index is -0.285. The zero-order chi connectivity index (χ0) is 13.8. The van der Waals surface area contributed by atoms with E-state index in [0.717, 1.165) is 5.69 Å². The molecule has 0 fully saturated rings. The number of pyridine rings is 1. The average Bonchev–Trinajstić information content (AvgIpc) is 2.39. The molecule has 1 amide bonds. The second-order valence-corrected chi connectivity index (χ2v) is 4.47. The molecule has 0 aliphatic rings. The van der Waals surface area contributed by atoms with Crippen molar-refractivity contribution in [2.45, 2.75) is 6.92 Å². The monoisotopic (exact) mass is 271 g/mol. The molecule has 0 saturated heterocycles. The minimum Gasteiger partial charge on any atom is -0.389 e. The summed E-state index contributed by atoms with van der Waals surface area (Å²) in [7, 11) is 0. The lowest BCUT2D eigenvalue weighted by Crippen LogP contribution is -2.18. The topological polar surface area (TPSA) is 68.0 Å². The van der Waals surface area contributed by atoms with Crippen LogP contribution in [0.15, 0.2) is 42.5 Å². The average molecular weight is 271 g/mol. The Bertz CT molecular complexity index is 640. The maximum Gasteiger partial charge on any atom is 0.274 e. The van der Waals surface area contributed by atoms with Crippen molar-refractivity contribution in [2.24, 2.45) is 5.73 Å². The number of aryl methyl sites for hydroxylation is 1. The summed E-state index contributed by atoms with van der Waals surface area (Å²) in [6.45, 7) is 1.83. The normalized spacial score (nSPS) is 9.95. The highest BCUT2D eigenvalue weighted by molar-refractivity contribution is 7.80. The number of nitrogens with zero attached hydrogens (tertiary/aromatic N) is 1. The summed E-state index contributed by atoms with van der Waals surface area (Å²) < 4.78 is 0. The van der Waals surface area contributed by atoms with Gasteiger partial charge in [-0.05, 0) is 31.2 Å². The molecule has 0 radical (unpaired) electrons. The van der Waals surface area contributed by atoms with E-state index < -0.39 is 0 Å². The van der Waals surface area contributed by atoms with Crippen LogP contribution in [-0.2, 0) is 0 Å². The van der Waals surface area contributed by atoms with Gasteiger partial charge < -0.3 is 11.1 Å². The van der Waals surface area contributed by atoms with Gasteiger partial charge in [-0.15, -0.1) is 0 Å². The Morgan fingerprint density at radius 2 is 1.95 bits per heavy atom. The van der Waals surface area contributed by atoms with E-state index >= 15 is 0 Å². The second-order valence-electron chi connectivity index (χ2n) is 4.03. The first-order valence-electron chi connectivity index (χ1n) is 5.72. The molecule has 96 valence electrons. The van der Waals surface area contributed by atoms with Crippen molar-refractivity contribution >= 4 is 28.8 Å². The number of benzene rings is 1. The van der Waals surface area contributed by atoms with Crippen LogP contribution in [-0.4, -0.2) is 15.9 Å². The highest BCUT2D eigenvalue weighted by atomic mass is 32.1. The van der Waals surface area contributed by atoms with Gasteiger partial charge in [0.25, 0.3) is 5.91 Å². The van der Waals surface area contributed by atoms with Crippen LogP contribution in [0.4, 0.5) is 5.69 Å². The third kappa shape index (κ3) is 3.14. The summed E-state index contributed by atoms with van der Waals surface area (Å²) in [6, 6.07) is 12.4. The Morgan fingerprint density at radius 3 is 2.63 bits per heavy atom. The molecule has 0 unspecified atom stereocenters. The molecule has 0 spiro atoms. The number of nitrogens with one attached hydrogen (secondary N) is 1. The molecule has 1 aromatic carbocycles. The Morgan fingerprint density at radius 1 is 1.21 bits per heavy atom. The van der Waals surface area contributed by atoms with E-state index in [4.69, 9.17) is 18.0 Å². The van der Waals surface area contributed by atoms with Crippen molar-refractivity contribution < 1.29 is 4.79 Å². The molecule has 0 bridgehead atoms. The van der Waals surface area contributed by atoms with Gasteiger partial charge in [0.2, 0.25) is 0 Å². The van der Waals surface area contributed by atoms with Gasteiger partial charge in [-0.1, -0.05) is 30.4 Å². The molecule has 5 heteroatoms. The number of carbonyl (C=O) groups is 1. The number of hydrogen-bond donors (Lipinski definition) is 2. The van der Waals surface area contributed by atoms with Gasteiger partial charge >= 0.3 is 0 Å². The van der Waals surface area contributed by atoms with Crippen LogP contribution < -0.4 is 11.1 Å². The molecule has 0 aliphatic heterocycles. The van der Waals surface area contributed by atoms with Gasteiger partial charge in [0.15, 0.2) is 0 Å². The lowest BCUT2D eigenvalue weighted by molar-refractivity contribution is 0.102. The summed E-state index contributed by atoms with van der Waals surface area (Å²) in [5, 5.41) is 2.77. The quantitative estimate of drug-likeness (QED) is 0.840. The first-order valence-corrected chi connectivity index (χ1v) is 6.12. The summed E-state index contributed by atoms with van der Waals surface area (Å²) >= 11 is 4.95. The van der Waals surface area contributed by atoms with Crippen LogP contribution in [0.2, 0.25) is 0 Å². The van der Waals surface area contributed by atoms with Gasteiger partial charge in [-0.25, -0.2) is 4.98 Å². The van der Waals surface area contributed by atoms with Crippen LogP contribution in [0.5, 0.6) is 0 Å². The van der Waals surface area contributed by atoms with E-state index in [0.29, 0.717) is 16.9 Å². The zero-order valence-electron chi connectivity index (χ0n) is 10.4. The third-order valence-corrected chi connectivity index (χ3v) is 2.78. The van der Waals surface area contributed by atoms with E-state index in [1.165, 1.54) is 0 Å². The number of nitrogens with two attached hydrogens (primary N) is 1. The molecule has 0 saturated carbocycles. The van der Waals surface area contributed by atoms with Crippen molar-refractivity contribution in [2.75, 3.05) is 5.32 Å². The summed E-state index contributed by atoms with van der Waals surface area (Å²) in [5.74, 6) is -0.285. The second kappa shape index (κ2) is 5.58. The van der Waals surface area contributed by atoms with Crippen molar-refractivity contribution in [1.82, 2.24) is 4.98 Å². The number of carbonyl (C=O) groups excluding carboxylic acids is 1. The Hall–Kier alpha value is -2.27. The SMILES string of the molecule is Cc1cccc(C(=O)Nc2ccccc2C(N)=S)n1. The van der Waals surface area contributed by atoms with Crippen molar-refractivity contribution in [3.63, 3.8) is 0 Å². The van der Waals surface area contributed by atoms with Gasteiger partial charge in [-0.2, -0.15) is 0 Å². The number of anilines is 1. The number of hydrogen-bond acceptors (Lipinski definition) is 3. The van der Waals surface area contributed by atoms with E-state index in [-0.39, 0.29) is 10.9 Å². The molecule has 4 nitrogen and oxygen atoms in total. The number of thiocarbonyl (C=S) groups is 1. The summed E-state index contributed by atoms with van der Waals surface area (Å²) in [4.78, 5) is 16.5. The molecule has 0 aliphatic carbocycles.